The standard InChI is InChI=1S/C17H15N3O5/c1-24-14(21)10-19-8-12-15(13(9-19)17(23)25-2)18-20(16(12)22)11-6-4-3-5-7-11/h3-9H,10H2,1-2H3. The van der Waals surface area contributed by atoms with Crippen molar-refractivity contribution in [2.75, 3.05) is 14.2 Å². The van der Waals surface area contributed by atoms with Crippen LogP contribution in [-0.4, -0.2) is 40.5 Å². The molecule has 0 bridgehead atoms. The average molecular weight is 341 g/mol. The molecular formula is C17H15N3O5. The summed E-state index contributed by atoms with van der Waals surface area (Å²) < 4.78 is 12.0. The number of hydrogen-bond donors (Lipinski definition) is 0. The molecule has 2 aliphatic heterocycles. The van der Waals surface area contributed by atoms with Crippen LogP contribution in [0.1, 0.15) is 10.4 Å². The fraction of sp³-hybridized carbons (Fsp3) is 0.176. The van der Waals surface area contributed by atoms with Crippen LogP contribution in [0.5, 0.6) is 0 Å². The third kappa shape index (κ3) is 3.01. The number of esters is 2. The SMILES string of the molecule is COC(=O)Cn1cc(C(=O)OC)c2nn(-c3ccccc3)c(=O)c-2c1. The Bertz CT molecular complexity index is 958. The van der Waals surface area contributed by atoms with Crippen molar-refractivity contribution >= 4 is 11.9 Å². The van der Waals surface area contributed by atoms with Gasteiger partial charge in [-0.05, 0) is 12.1 Å². The van der Waals surface area contributed by atoms with Crippen LogP contribution in [0.2, 0.25) is 0 Å². The zero-order valence-corrected chi connectivity index (χ0v) is 13.6. The highest BCUT2D eigenvalue weighted by Gasteiger charge is 2.25. The van der Waals surface area contributed by atoms with Gasteiger partial charge in [-0.3, -0.25) is 9.59 Å². The summed E-state index contributed by atoms with van der Waals surface area (Å²) in [4.78, 5) is 36.3. The van der Waals surface area contributed by atoms with Gasteiger partial charge in [0.1, 0.15) is 17.8 Å². The molecule has 0 unspecified atom stereocenters. The number of carbonyl (C=O) groups excluding carboxylic acids is 2. The van der Waals surface area contributed by atoms with Crippen LogP contribution < -0.4 is 5.56 Å². The van der Waals surface area contributed by atoms with E-state index in [1.165, 1.54) is 35.9 Å². The molecule has 128 valence electrons. The van der Waals surface area contributed by atoms with E-state index in [4.69, 9.17) is 4.74 Å². The van der Waals surface area contributed by atoms with Crippen LogP contribution in [0.15, 0.2) is 47.5 Å². The topological polar surface area (TPSA) is 92.4 Å². The van der Waals surface area contributed by atoms with Gasteiger partial charge >= 0.3 is 11.9 Å². The third-order valence-electron chi connectivity index (χ3n) is 3.67. The van der Waals surface area contributed by atoms with Gasteiger partial charge in [0.15, 0.2) is 0 Å². The number of aromatic nitrogens is 3. The van der Waals surface area contributed by atoms with Crippen molar-refractivity contribution in [3.05, 3.63) is 58.6 Å². The second-order valence-electron chi connectivity index (χ2n) is 5.23. The lowest BCUT2D eigenvalue weighted by atomic mass is 10.1. The number of methoxy groups -OCH3 is 2. The highest BCUT2D eigenvalue weighted by molar-refractivity contribution is 5.96. The molecule has 25 heavy (non-hydrogen) atoms. The van der Waals surface area contributed by atoms with Crippen molar-refractivity contribution in [2.45, 2.75) is 6.54 Å². The zero-order chi connectivity index (χ0) is 18.0. The van der Waals surface area contributed by atoms with E-state index in [1.54, 1.807) is 24.3 Å². The van der Waals surface area contributed by atoms with E-state index in [1.807, 2.05) is 6.07 Å². The average Bonchev–Trinajstić information content (AvgIpc) is 2.98. The summed E-state index contributed by atoms with van der Waals surface area (Å²) in [5.74, 6) is -1.16. The normalized spacial score (nSPS) is 10.6. The molecule has 0 amide bonds. The van der Waals surface area contributed by atoms with E-state index in [-0.39, 0.29) is 23.4 Å². The lowest BCUT2D eigenvalue weighted by Gasteiger charge is -2.10. The van der Waals surface area contributed by atoms with Crippen LogP contribution in [0.25, 0.3) is 16.9 Å². The fourth-order valence-electron chi connectivity index (χ4n) is 2.47. The number of carbonyl (C=O) groups is 2. The molecule has 3 rings (SSSR count). The maximum Gasteiger partial charge on any atom is 0.341 e. The van der Waals surface area contributed by atoms with Crippen LogP contribution in [0.4, 0.5) is 0 Å². The summed E-state index contributed by atoms with van der Waals surface area (Å²) in [6, 6.07) is 8.84. The number of fused-ring (bicyclic) bond motifs is 1. The molecule has 8 heteroatoms. The molecule has 0 aliphatic carbocycles. The van der Waals surface area contributed by atoms with Gasteiger partial charge in [0.25, 0.3) is 5.56 Å². The van der Waals surface area contributed by atoms with E-state index in [2.05, 4.69) is 9.84 Å². The number of ether oxygens (including phenoxy) is 2. The predicted octanol–water partition coefficient (Wildman–Crippen LogP) is 1.10. The Balaban J connectivity index is 2.23. The minimum Gasteiger partial charge on any atom is -0.468 e. The Hall–Kier alpha value is -3.42. The first kappa shape index (κ1) is 16.4. The van der Waals surface area contributed by atoms with Crippen LogP contribution >= 0.6 is 0 Å². The molecule has 0 saturated carbocycles. The Labute approximate surface area is 142 Å². The second kappa shape index (κ2) is 6.60. The highest BCUT2D eigenvalue weighted by Crippen LogP contribution is 2.23. The monoisotopic (exact) mass is 341 g/mol. The number of rotatable bonds is 4. The minimum atomic E-state index is -0.651. The van der Waals surface area contributed by atoms with Gasteiger partial charge in [0, 0.05) is 12.4 Å². The predicted molar refractivity (Wildman–Crippen MR) is 87.8 cm³/mol. The van der Waals surface area contributed by atoms with Crippen molar-refractivity contribution in [2.24, 2.45) is 0 Å². The number of benzene rings is 1. The van der Waals surface area contributed by atoms with Gasteiger partial charge in [0.05, 0.1) is 25.5 Å². The van der Waals surface area contributed by atoms with Crippen LogP contribution in [0, 0.1) is 0 Å². The minimum absolute atomic E-state index is 0.0932. The van der Waals surface area contributed by atoms with Crippen molar-refractivity contribution in [3.8, 4) is 16.9 Å². The lowest BCUT2D eigenvalue weighted by Crippen LogP contribution is -2.17. The first-order chi connectivity index (χ1) is 12.0. The van der Waals surface area contributed by atoms with Crippen molar-refractivity contribution in [3.63, 3.8) is 0 Å². The summed E-state index contributed by atoms with van der Waals surface area (Å²) in [5, 5.41) is 4.27. The van der Waals surface area contributed by atoms with Gasteiger partial charge in [0.2, 0.25) is 0 Å². The smallest absolute Gasteiger partial charge is 0.341 e. The van der Waals surface area contributed by atoms with Crippen molar-refractivity contribution < 1.29 is 19.1 Å². The zero-order valence-electron chi connectivity index (χ0n) is 13.6. The molecule has 8 nitrogen and oxygen atoms in total. The largest absolute Gasteiger partial charge is 0.468 e. The Morgan fingerprint density at radius 2 is 1.80 bits per heavy atom. The molecule has 2 heterocycles. The van der Waals surface area contributed by atoms with Gasteiger partial charge in [-0.15, -0.1) is 0 Å². The Morgan fingerprint density at radius 3 is 2.44 bits per heavy atom. The van der Waals surface area contributed by atoms with Gasteiger partial charge < -0.3 is 14.0 Å². The molecule has 0 radical (unpaired) electrons. The molecule has 2 aliphatic rings. The number of pyridine rings is 1. The first-order valence-electron chi connectivity index (χ1n) is 7.38. The summed E-state index contributed by atoms with van der Waals surface area (Å²) in [6.45, 7) is -0.146. The summed E-state index contributed by atoms with van der Waals surface area (Å²) in [5.41, 5.74) is 0.678. The molecule has 0 N–H and O–H groups in total. The van der Waals surface area contributed by atoms with Gasteiger partial charge in [-0.1, -0.05) is 18.2 Å². The summed E-state index contributed by atoms with van der Waals surface area (Å²) >= 11 is 0. The molecule has 0 aromatic heterocycles. The number of nitrogens with zero attached hydrogens (tertiary/aromatic N) is 3. The van der Waals surface area contributed by atoms with E-state index in [0.717, 1.165) is 0 Å². The molecule has 1 aromatic rings. The number of hydrogen-bond acceptors (Lipinski definition) is 6. The van der Waals surface area contributed by atoms with E-state index in [0.29, 0.717) is 5.69 Å². The third-order valence-corrected chi connectivity index (χ3v) is 3.67. The molecule has 1 aromatic carbocycles. The summed E-state index contributed by atoms with van der Waals surface area (Å²) in [7, 11) is 2.49. The Kier molecular flexibility index (Phi) is 4.34. The lowest BCUT2D eigenvalue weighted by molar-refractivity contribution is -0.141. The van der Waals surface area contributed by atoms with Crippen molar-refractivity contribution in [1.82, 2.24) is 14.3 Å². The molecule has 0 spiro atoms. The van der Waals surface area contributed by atoms with Crippen LogP contribution in [-0.2, 0) is 20.8 Å². The fourth-order valence-corrected chi connectivity index (χ4v) is 2.47. The first-order valence-corrected chi connectivity index (χ1v) is 7.38. The molecule has 0 atom stereocenters. The Morgan fingerprint density at radius 1 is 1.08 bits per heavy atom. The van der Waals surface area contributed by atoms with E-state index >= 15 is 0 Å². The molecular weight excluding hydrogens is 326 g/mol. The number of para-hydroxylation sites is 1. The van der Waals surface area contributed by atoms with E-state index < -0.39 is 17.5 Å². The van der Waals surface area contributed by atoms with Gasteiger partial charge in [-0.25, -0.2) is 4.79 Å². The van der Waals surface area contributed by atoms with Crippen LogP contribution in [0.3, 0.4) is 0 Å². The summed E-state index contributed by atoms with van der Waals surface area (Å²) in [6.07, 6.45) is 2.88. The highest BCUT2D eigenvalue weighted by atomic mass is 16.5. The maximum absolute atomic E-state index is 12.7. The van der Waals surface area contributed by atoms with E-state index in [9.17, 15) is 14.4 Å². The second-order valence-corrected chi connectivity index (χ2v) is 5.23. The molecule has 0 fully saturated rings. The maximum atomic E-state index is 12.7. The van der Waals surface area contributed by atoms with Gasteiger partial charge in [-0.2, -0.15) is 9.78 Å². The molecule has 0 saturated heterocycles. The van der Waals surface area contributed by atoms with Crippen molar-refractivity contribution in [1.29, 1.82) is 0 Å². The quantitative estimate of drug-likeness (QED) is 0.660.